The summed E-state index contributed by atoms with van der Waals surface area (Å²) in [7, 11) is -3.03. The number of hydrogen-bond donors (Lipinski definition) is 0. The molecule has 0 unspecified atom stereocenters. The Kier molecular flexibility index (Phi) is 2.67. The Balaban J connectivity index is 2.58. The van der Waals surface area contributed by atoms with Crippen molar-refractivity contribution in [2.75, 3.05) is 6.26 Å². The molecule has 0 aromatic heterocycles. The number of hydrogen-bond acceptors (Lipinski definition) is 2. The third-order valence-corrected chi connectivity index (χ3v) is 5.97. The van der Waals surface area contributed by atoms with Crippen LogP contribution in [-0.4, -0.2) is 14.7 Å². The van der Waals surface area contributed by atoms with Gasteiger partial charge in [0.25, 0.3) is 0 Å². The van der Waals surface area contributed by atoms with Crippen LogP contribution in [0.3, 0.4) is 0 Å². The van der Waals surface area contributed by atoms with Crippen LogP contribution >= 0.6 is 15.9 Å². The lowest BCUT2D eigenvalue weighted by molar-refractivity contribution is 0.345. The molecule has 2 rings (SSSR count). The molecule has 0 spiro atoms. The SMILES string of the molecule is CS(=O)(=O)C1(c2ccccc2Br)CCC1. The Morgan fingerprint density at radius 3 is 2.27 bits per heavy atom. The molecule has 82 valence electrons. The molecule has 0 bridgehead atoms. The van der Waals surface area contributed by atoms with Gasteiger partial charge in [0, 0.05) is 10.7 Å². The summed E-state index contributed by atoms with van der Waals surface area (Å²) in [6, 6.07) is 7.61. The van der Waals surface area contributed by atoms with Crippen LogP contribution in [0.15, 0.2) is 28.7 Å². The number of halogens is 1. The molecule has 0 radical (unpaired) electrons. The second-order valence-electron chi connectivity index (χ2n) is 4.10. The van der Waals surface area contributed by atoms with Gasteiger partial charge in [-0.05, 0) is 30.9 Å². The summed E-state index contributed by atoms with van der Waals surface area (Å²) in [5, 5.41) is 0. The topological polar surface area (TPSA) is 34.1 Å². The fourth-order valence-corrected chi connectivity index (χ4v) is 4.57. The summed E-state index contributed by atoms with van der Waals surface area (Å²) in [4.78, 5) is 0. The zero-order valence-electron chi connectivity index (χ0n) is 8.53. The Morgan fingerprint density at radius 2 is 1.87 bits per heavy atom. The maximum absolute atomic E-state index is 11.9. The van der Waals surface area contributed by atoms with Crippen LogP contribution in [0.5, 0.6) is 0 Å². The Hall–Kier alpha value is -0.350. The average molecular weight is 289 g/mol. The standard InChI is InChI=1S/C11H13BrO2S/c1-15(13,14)11(7-4-8-11)9-5-2-3-6-10(9)12/h2-3,5-6H,4,7-8H2,1H3. The van der Waals surface area contributed by atoms with Gasteiger partial charge in [-0.2, -0.15) is 0 Å². The summed E-state index contributed by atoms with van der Waals surface area (Å²) in [6.45, 7) is 0. The first-order valence-electron chi connectivity index (χ1n) is 4.92. The van der Waals surface area contributed by atoms with E-state index in [1.807, 2.05) is 24.3 Å². The monoisotopic (exact) mass is 288 g/mol. The van der Waals surface area contributed by atoms with E-state index in [9.17, 15) is 8.42 Å². The van der Waals surface area contributed by atoms with Gasteiger partial charge in [-0.3, -0.25) is 0 Å². The van der Waals surface area contributed by atoms with Crippen molar-refractivity contribution in [2.45, 2.75) is 24.0 Å². The zero-order chi connectivity index (χ0) is 11.1. The maximum Gasteiger partial charge on any atom is 0.157 e. The number of sulfone groups is 1. The van der Waals surface area contributed by atoms with Crippen molar-refractivity contribution in [3.63, 3.8) is 0 Å². The first-order chi connectivity index (χ1) is 6.97. The molecule has 0 saturated heterocycles. The lowest BCUT2D eigenvalue weighted by Crippen LogP contribution is -2.41. The van der Waals surface area contributed by atoms with E-state index in [-0.39, 0.29) is 0 Å². The van der Waals surface area contributed by atoms with Gasteiger partial charge in [0.05, 0.1) is 4.75 Å². The molecule has 1 aliphatic rings. The van der Waals surface area contributed by atoms with Crippen molar-refractivity contribution in [2.24, 2.45) is 0 Å². The van der Waals surface area contributed by atoms with Crippen molar-refractivity contribution in [1.29, 1.82) is 0 Å². The molecular weight excluding hydrogens is 276 g/mol. The molecule has 0 amide bonds. The van der Waals surface area contributed by atoms with Crippen LogP contribution in [-0.2, 0) is 14.6 Å². The van der Waals surface area contributed by atoms with Crippen molar-refractivity contribution in [3.05, 3.63) is 34.3 Å². The van der Waals surface area contributed by atoms with E-state index < -0.39 is 14.6 Å². The van der Waals surface area contributed by atoms with Crippen LogP contribution in [0.1, 0.15) is 24.8 Å². The third kappa shape index (κ3) is 1.64. The molecular formula is C11H13BrO2S. The predicted octanol–water partition coefficient (Wildman–Crippen LogP) is 2.87. The Labute approximate surface area is 98.7 Å². The molecule has 0 atom stereocenters. The van der Waals surface area contributed by atoms with E-state index in [1.54, 1.807) is 0 Å². The quantitative estimate of drug-likeness (QED) is 0.839. The molecule has 1 fully saturated rings. The first-order valence-corrected chi connectivity index (χ1v) is 7.60. The lowest BCUT2D eigenvalue weighted by Gasteiger charge is -2.41. The van der Waals surface area contributed by atoms with Crippen molar-refractivity contribution in [1.82, 2.24) is 0 Å². The molecule has 1 aromatic rings. The number of benzene rings is 1. The van der Waals surface area contributed by atoms with Gasteiger partial charge in [-0.15, -0.1) is 0 Å². The molecule has 1 aromatic carbocycles. The minimum Gasteiger partial charge on any atom is -0.228 e. The normalized spacial score (nSPS) is 19.6. The number of rotatable bonds is 2. The van der Waals surface area contributed by atoms with Gasteiger partial charge in [-0.25, -0.2) is 8.42 Å². The summed E-state index contributed by atoms with van der Waals surface area (Å²) in [5.74, 6) is 0. The maximum atomic E-state index is 11.9. The first kappa shape index (κ1) is 11.1. The highest BCUT2D eigenvalue weighted by atomic mass is 79.9. The highest BCUT2D eigenvalue weighted by molar-refractivity contribution is 9.10. The van der Waals surface area contributed by atoms with Gasteiger partial charge in [0.2, 0.25) is 0 Å². The molecule has 15 heavy (non-hydrogen) atoms. The summed E-state index contributed by atoms with van der Waals surface area (Å²) in [6.07, 6.45) is 3.82. The molecule has 0 aliphatic heterocycles. The van der Waals surface area contributed by atoms with Crippen LogP contribution in [0.4, 0.5) is 0 Å². The van der Waals surface area contributed by atoms with Gasteiger partial charge < -0.3 is 0 Å². The van der Waals surface area contributed by atoms with Crippen LogP contribution in [0, 0.1) is 0 Å². The van der Waals surface area contributed by atoms with Crippen LogP contribution in [0.25, 0.3) is 0 Å². The van der Waals surface area contributed by atoms with Gasteiger partial charge in [-0.1, -0.05) is 34.1 Å². The molecule has 0 heterocycles. The second-order valence-corrected chi connectivity index (χ2v) is 7.28. The lowest BCUT2D eigenvalue weighted by atomic mass is 9.79. The largest absolute Gasteiger partial charge is 0.228 e. The van der Waals surface area contributed by atoms with Gasteiger partial charge >= 0.3 is 0 Å². The van der Waals surface area contributed by atoms with E-state index in [1.165, 1.54) is 6.26 Å². The minimum atomic E-state index is -3.03. The molecule has 2 nitrogen and oxygen atoms in total. The van der Waals surface area contributed by atoms with Crippen molar-refractivity contribution in [3.8, 4) is 0 Å². The fraction of sp³-hybridized carbons (Fsp3) is 0.455. The summed E-state index contributed by atoms with van der Waals surface area (Å²) < 4.78 is 24.0. The van der Waals surface area contributed by atoms with Crippen LogP contribution < -0.4 is 0 Å². The fourth-order valence-electron chi connectivity index (χ4n) is 2.17. The molecule has 1 aliphatic carbocycles. The van der Waals surface area contributed by atoms with E-state index in [0.29, 0.717) is 0 Å². The van der Waals surface area contributed by atoms with Crippen LogP contribution in [0.2, 0.25) is 0 Å². The summed E-state index contributed by atoms with van der Waals surface area (Å²) in [5.41, 5.74) is 0.916. The third-order valence-electron chi connectivity index (χ3n) is 3.24. The predicted molar refractivity (Wildman–Crippen MR) is 64.5 cm³/mol. The average Bonchev–Trinajstić information content (AvgIpc) is 2.03. The highest BCUT2D eigenvalue weighted by Gasteiger charge is 2.48. The Bertz CT molecular complexity index is 475. The highest BCUT2D eigenvalue weighted by Crippen LogP contribution is 2.49. The zero-order valence-corrected chi connectivity index (χ0v) is 10.9. The van der Waals surface area contributed by atoms with Crippen molar-refractivity contribution >= 4 is 25.8 Å². The smallest absolute Gasteiger partial charge is 0.157 e. The Morgan fingerprint density at radius 1 is 1.27 bits per heavy atom. The molecule has 0 N–H and O–H groups in total. The van der Waals surface area contributed by atoms with E-state index in [4.69, 9.17) is 0 Å². The van der Waals surface area contributed by atoms with Crippen molar-refractivity contribution < 1.29 is 8.42 Å². The second kappa shape index (κ2) is 3.59. The molecule has 1 saturated carbocycles. The van der Waals surface area contributed by atoms with Gasteiger partial charge in [0.1, 0.15) is 0 Å². The van der Waals surface area contributed by atoms with E-state index >= 15 is 0 Å². The summed E-state index contributed by atoms with van der Waals surface area (Å²) >= 11 is 3.43. The van der Waals surface area contributed by atoms with Gasteiger partial charge in [0.15, 0.2) is 9.84 Å². The van der Waals surface area contributed by atoms with E-state index in [0.717, 1.165) is 29.3 Å². The van der Waals surface area contributed by atoms with E-state index in [2.05, 4.69) is 15.9 Å². The molecule has 4 heteroatoms. The minimum absolute atomic E-state index is 0.632.